The first-order valence-corrected chi connectivity index (χ1v) is 8.23. The zero-order chi connectivity index (χ0) is 15.0. The van der Waals surface area contributed by atoms with Gasteiger partial charge in [-0.2, -0.15) is 0 Å². The molecule has 0 saturated carbocycles. The monoisotopic (exact) mass is 347 g/mol. The average Bonchev–Trinajstić information content (AvgIpc) is 2.43. The maximum atomic E-state index is 13.8. The smallest absolute Gasteiger partial charge is 0.143 e. The van der Waals surface area contributed by atoms with E-state index in [4.69, 9.17) is 5.73 Å². The van der Waals surface area contributed by atoms with Crippen LogP contribution in [0, 0.1) is 11.6 Å². The van der Waals surface area contributed by atoms with Gasteiger partial charge >= 0.3 is 0 Å². The van der Waals surface area contributed by atoms with E-state index in [0.717, 1.165) is 19.3 Å². The van der Waals surface area contributed by atoms with Crippen molar-refractivity contribution in [2.24, 2.45) is 5.73 Å². The highest BCUT2D eigenvalue weighted by atomic mass is 79.9. The molecule has 20 heavy (non-hydrogen) atoms. The highest BCUT2D eigenvalue weighted by molar-refractivity contribution is 9.10. The fourth-order valence-electron chi connectivity index (χ4n) is 2.31. The van der Waals surface area contributed by atoms with Crippen molar-refractivity contribution in [3.63, 3.8) is 0 Å². The van der Waals surface area contributed by atoms with Crippen LogP contribution >= 0.6 is 15.9 Å². The van der Waals surface area contributed by atoms with Gasteiger partial charge in [-0.3, -0.25) is 0 Å². The molecule has 1 rings (SSSR count). The Labute approximate surface area is 129 Å². The van der Waals surface area contributed by atoms with Crippen LogP contribution in [-0.2, 0) is 6.42 Å². The van der Waals surface area contributed by atoms with Crippen LogP contribution in [0.1, 0.15) is 57.4 Å². The lowest BCUT2D eigenvalue weighted by molar-refractivity contribution is 0.499. The number of hydrogen-bond donors (Lipinski definition) is 1. The van der Waals surface area contributed by atoms with Crippen molar-refractivity contribution in [3.05, 3.63) is 33.8 Å². The normalized spacial score (nSPS) is 12.7. The molecular formula is C16H24BrF2N. The summed E-state index contributed by atoms with van der Waals surface area (Å²) in [6, 6.07) is 2.48. The Kier molecular flexibility index (Phi) is 8.31. The van der Waals surface area contributed by atoms with Crippen LogP contribution in [0.25, 0.3) is 0 Å². The van der Waals surface area contributed by atoms with E-state index in [-0.39, 0.29) is 18.0 Å². The van der Waals surface area contributed by atoms with Gasteiger partial charge in [0.15, 0.2) is 0 Å². The number of halogens is 3. The van der Waals surface area contributed by atoms with E-state index in [1.54, 1.807) is 0 Å². The summed E-state index contributed by atoms with van der Waals surface area (Å²) in [5.74, 6) is -1.03. The summed E-state index contributed by atoms with van der Waals surface area (Å²) < 4.78 is 27.7. The molecule has 1 unspecified atom stereocenters. The molecule has 0 heterocycles. The molecule has 0 aromatic heterocycles. The van der Waals surface area contributed by atoms with E-state index < -0.39 is 11.6 Å². The maximum absolute atomic E-state index is 13.8. The second-order valence-electron chi connectivity index (χ2n) is 5.34. The topological polar surface area (TPSA) is 26.0 Å². The van der Waals surface area contributed by atoms with Crippen LogP contribution in [-0.4, -0.2) is 6.04 Å². The maximum Gasteiger partial charge on any atom is 0.143 e. The van der Waals surface area contributed by atoms with Gasteiger partial charge in [0.1, 0.15) is 11.6 Å². The Bertz CT molecular complexity index is 410. The number of unbranched alkanes of at least 4 members (excludes halogenated alkanes) is 5. The number of nitrogens with two attached hydrogens (primary N) is 1. The zero-order valence-corrected chi connectivity index (χ0v) is 13.7. The predicted octanol–water partition coefficient (Wildman–Crippen LogP) is 5.35. The molecule has 1 nitrogen and oxygen atoms in total. The molecule has 1 aromatic carbocycles. The molecule has 0 radical (unpaired) electrons. The van der Waals surface area contributed by atoms with E-state index in [1.165, 1.54) is 37.8 Å². The van der Waals surface area contributed by atoms with E-state index in [1.807, 2.05) is 0 Å². The lowest BCUT2D eigenvalue weighted by atomic mass is 9.99. The molecule has 0 spiro atoms. The minimum Gasteiger partial charge on any atom is -0.327 e. The largest absolute Gasteiger partial charge is 0.327 e. The van der Waals surface area contributed by atoms with Gasteiger partial charge in [0.2, 0.25) is 0 Å². The number of hydrogen-bond acceptors (Lipinski definition) is 1. The first-order valence-electron chi connectivity index (χ1n) is 7.44. The van der Waals surface area contributed by atoms with E-state index in [2.05, 4.69) is 22.9 Å². The molecule has 0 aliphatic heterocycles. The second kappa shape index (κ2) is 9.46. The van der Waals surface area contributed by atoms with Gasteiger partial charge < -0.3 is 5.73 Å². The minimum absolute atomic E-state index is 0.0952. The van der Waals surface area contributed by atoms with Crippen molar-refractivity contribution in [3.8, 4) is 0 Å². The fourth-order valence-corrected chi connectivity index (χ4v) is 2.68. The summed E-state index contributed by atoms with van der Waals surface area (Å²) in [6.07, 6.45) is 8.26. The van der Waals surface area contributed by atoms with Crippen LogP contribution in [0.4, 0.5) is 8.78 Å². The van der Waals surface area contributed by atoms with Crippen molar-refractivity contribution >= 4 is 15.9 Å². The molecule has 2 N–H and O–H groups in total. The van der Waals surface area contributed by atoms with Gasteiger partial charge in [0.05, 0.1) is 4.47 Å². The van der Waals surface area contributed by atoms with Gasteiger partial charge in [-0.25, -0.2) is 8.78 Å². The van der Waals surface area contributed by atoms with E-state index in [0.29, 0.717) is 4.47 Å². The van der Waals surface area contributed by atoms with Crippen molar-refractivity contribution in [1.29, 1.82) is 0 Å². The zero-order valence-electron chi connectivity index (χ0n) is 12.1. The lowest BCUT2D eigenvalue weighted by Gasteiger charge is -2.13. The first kappa shape index (κ1) is 17.6. The number of benzene rings is 1. The summed E-state index contributed by atoms with van der Waals surface area (Å²) in [6.45, 7) is 2.19. The van der Waals surface area contributed by atoms with E-state index in [9.17, 15) is 8.78 Å². The van der Waals surface area contributed by atoms with Crippen LogP contribution in [0.15, 0.2) is 16.6 Å². The summed E-state index contributed by atoms with van der Waals surface area (Å²) in [5.41, 5.74) is 6.08. The molecule has 0 saturated heterocycles. The summed E-state index contributed by atoms with van der Waals surface area (Å²) in [5, 5.41) is 0. The SMILES string of the molecule is CCCCCCCCC(N)Cc1c(F)ccc(Br)c1F. The molecule has 0 amide bonds. The average molecular weight is 348 g/mol. The van der Waals surface area contributed by atoms with Crippen LogP contribution in [0.3, 0.4) is 0 Å². The summed E-state index contributed by atoms with van der Waals surface area (Å²) in [7, 11) is 0. The Morgan fingerprint density at radius 2 is 1.75 bits per heavy atom. The van der Waals surface area contributed by atoms with Crippen LogP contribution in [0.2, 0.25) is 0 Å². The molecule has 0 aliphatic carbocycles. The van der Waals surface area contributed by atoms with Crippen molar-refractivity contribution in [1.82, 2.24) is 0 Å². The fraction of sp³-hybridized carbons (Fsp3) is 0.625. The van der Waals surface area contributed by atoms with Gasteiger partial charge in [0.25, 0.3) is 0 Å². The highest BCUT2D eigenvalue weighted by Crippen LogP contribution is 2.23. The van der Waals surface area contributed by atoms with Gasteiger partial charge in [0, 0.05) is 11.6 Å². The Balaban J connectivity index is 2.35. The Morgan fingerprint density at radius 3 is 2.45 bits per heavy atom. The third kappa shape index (κ3) is 5.88. The van der Waals surface area contributed by atoms with Crippen LogP contribution in [0.5, 0.6) is 0 Å². The summed E-state index contributed by atoms with van der Waals surface area (Å²) in [4.78, 5) is 0. The van der Waals surface area contributed by atoms with Gasteiger partial charge in [-0.15, -0.1) is 0 Å². The molecular weight excluding hydrogens is 324 g/mol. The second-order valence-corrected chi connectivity index (χ2v) is 6.20. The molecule has 4 heteroatoms. The quantitative estimate of drug-likeness (QED) is 0.473. The number of rotatable bonds is 9. The standard InChI is InChI=1S/C16H24BrF2N/c1-2-3-4-5-6-7-8-12(20)11-13-15(18)10-9-14(17)16(13)19/h9-10,12H,2-8,11,20H2,1H3. The lowest BCUT2D eigenvalue weighted by Crippen LogP contribution is -2.24. The minimum atomic E-state index is -0.525. The Hall–Kier alpha value is -0.480. The molecule has 114 valence electrons. The molecule has 0 bridgehead atoms. The third-order valence-corrected chi connectivity index (χ3v) is 4.15. The van der Waals surface area contributed by atoms with Crippen molar-refractivity contribution in [2.75, 3.05) is 0 Å². The highest BCUT2D eigenvalue weighted by Gasteiger charge is 2.15. The van der Waals surface area contributed by atoms with Crippen molar-refractivity contribution in [2.45, 2.75) is 64.3 Å². The first-order chi connectivity index (χ1) is 9.56. The Morgan fingerprint density at radius 1 is 1.10 bits per heavy atom. The third-order valence-electron chi connectivity index (χ3n) is 3.53. The predicted molar refractivity (Wildman–Crippen MR) is 83.7 cm³/mol. The molecule has 0 aliphatic rings. The van der Waals surface area contributed by atoms with Gasteiger partial charge in [-0.05, 0) is 40.9 Å². The van der Waals surface area contributed by atoms with Crippen LogP contribution < -0.4 is 5.73 Å². The molecule has 1 aromatic rings. The van der Waals surface area contributed by atoms with E-state index >= 15 is 0 Å². The summed E-state index contributed by atoms with van der Waals surface area (Å²) >= 11 is 3.08. The van der Waals surface area contributed by atoms with Crippen molar-refractivity contribution < 1.29 is 8.78 Å². The molecule has 1 atom stereocenters. The molecule has 0 fully saturated rings. The van der Waals surface area contributed by atoms with Gasteiger partial charge in [-0.1, -0.05) is 45.4 Å².